The first-order valence-corrected chi connectivity index (χ1v) is 7.71. The van der Waals surface area contributed by atoms with E-state index >= 15 is 0 Å². The van der Waals surface area contributed by atoms with Crippen LogP contribution in [0.2, 0.25) is 0 Å². The summed E-state index contributed by atoms with van der Waals surface area (Å²) >= 11 is 1.80. The Morgan fingerprint density at radius 1 is 1.16 bits per heavy atom. The minimum absolute atomic E-state index is 0.0221. The third kappa shape index (κ3) is 3.06. The summed E-state index contributed by atoms with van der Waals surface area (Å²) in [5.74, 6) is 0.733. The van der Waals surface area contributed by atoms with Gasteiger partial charge in [-0.3, -0.25) is 0 Å². The molecule has 2 atom stereocenters. The van der Waals surface area contributed by atoms with Crippen LogP contribution in [0, 0.1) is 5.92 Å². The fourth-order valence-corrected chi connectivity index (χ4v) is 3.38. The van der Waals surface area contributed by atoms with Gasteiger partial charge in [0, 0.05) is 10.9 Å². The van der Waals surface area contributed by atoms with Crippen molar-refractivity contribution in [1.29, 1.82) is 0 Å². The number of hydrogen-bond donors (Lipinski definition) is 2. The van der Waals surface area contributed by atoms with Gasteiger partial charge in [-0.2, -0.15) is 0 Å². The predicted octanol–water partition coefficient (Wildman–Crippen LogP) is 3.52. The van der Waals surface area contributed by atoms with Gasteiger partial charge in [-0.25, -0.2) is 0 Å². The SMILES string of the molecule is OCC(NC(c1cccs1)C1CC1)c1ccccc1. The zero-order valence-electron chi connectivity index (χ0n) is 10.8. The van der Waals surface area contributed by atoms with Crippen LogP contribution in [0.5, 0.6) is 0 Å². The number of nitrogens with one attached hydrogen (secondary N) is 1. The smallest absolute Gasteiger partial charge is 0.0626 e. The number of benzene rings is 1. The summed E-state index contributed by atoms with van der Waals surface area (Å²) in [6, 6.07) is 14.9. The van der Waals surface area contributed by atoms with E-state index in [1.54, 1.807) is 11.3 Å². The third-order valence-electron chi connectivity index (χ3n) is 3.71. The average molecular weight is 273 g/mol. The molecule has 1 fully saturated rings. The van der Waals surface area contributed by atoms with Gasteiger partial charge in [-0.1, -0.05) is 36.4 Å². The van der Waals surface area contributed by atoms with E-state index < -0.39 is 0 Å². The van der Waals surface area contributed by atoms with Crippen molar-refractivity contribution in [2.24, 2.45) is 5.92 Å². The van der Waals surface area contributed by atoms with Gasteiger partial charge in [0.15, 0.2) is 0 Å². The summed E-state index contributed by atoms with van der Waals surface area (Å²) in [6.45, 7) is 0.138. The molecule has 0 spiro atoms. The van der Waals surface area contributed by atoms with E-state index in [2.05, 4.69) is 35.0 Å². The Morgan fingerprint density at radius 3 is 2.53 bits per heavy atom. The lowest BCUT2D eigenvalue weighted by atomic mass is 10.0. The van der Waals surface area contributed by atoms with Crippen LogP contribution in [-0.2, 0) is 0 Å². The van der Waals surface area contributed by atoms with E-state index in [1.165, 1.54) is 17.7 Å². The number of hydrogen-bond acceptors (Lipinski definition) is 3. The molecule has 2 unspecified atom stereocenters. The maximum atomic E-state index is 9.67. The van der Waals surface area contributed by atoms with E-state index in [-0.39, 0.29) is 12.6 Å². The zero-order chi connectivity index (χ0) is 13.1. The van der Waals surface area contributed by atoms with Crippen LogP contribution >= 0.6 is 11.3 Å². The highest BCUT2D eigenvalue weighted by Crippen LogP contribution is 2.43. The normalized spacial score (nSPS) is 18.2. The molecule has 19 heavy (non-hydrogen) atoms. The molecule has 1 aromatic heterocycles. The lowest BCUT2D eigenvalue weighted by Crippen LogP contribution is -2.29. The Bertz CT molecular complexity index is 493. The molecule has 1 saturated carbocycles. The van der Waals surface area contributed by atoms with Gasteiger partial charge in [0.25, 0.3) is 0 Å². The van der Waals surface area contributed by atoms with Crippen molar-refractivity contribution in [1.82, 2.24) is 5.32 Å². The minimum atomic E-state index is 0.0221. The predicted molar refractivity (Wildman–Crippen MR) is 79.2 cm³/mol. The van der Waals surface area contributed by atoms with Crippen molar-refractivity contribution >= 4 is 11.3 Å². The van der Waals surface area contributed by atoms with Crippen LogP contribution < -0.4 is 5.32 Å². The summed E-state index contributed by atoms with van der Waals surface area (Å²) in [6.07, 6.45) is 2.59. The Morgan fingerprint density at radius 2 is 1.95 bits per heavy atom. The van der Waals surface area contributed by atoms with Gasteiger partial charge in [0.05, 0.1) is 12.6 Å². The molecule has 0 bridgehead atoms. The molecular formula is C16H19NOS. The van der Waals surface area contributed by atoms with Crippen molar-refractivity contribution in [2.45, 2.75) is 24.9 Å². The number of thiophene rings is 1. The van der Waals surface area contributed by atoms with Gasteiger partial charge in [0.1, 0.15) is 0 Å². The monoisotopic (exact) mass is 273 g/mol. The summed E-state index contributed by atoms with van der Waals surface area (Å²) in [4.78, 5) is 1.39. The quantitative estimate of drug-likeness (QED) is 0.844. The molecule has 2 N–H and O–H groups in total. The standard InChI is InChI=1S/C16H19NOS/c18-11-14(12-5-2-1-3-6-12)17-16(13-8-9-13)15-7-4-10-19-15/h1-7,10,13-14,16-18H,8-9,11H2. The molecule has 1 heterocycles. The van der Waals surface area contributed by atoms with Crippen molar-refractivity contribution < 1.29 is 5.11 Å². The fourth-order valence-electron chi connectivity index (χ4n) is 2.50. The molecule has 3 heteroatoms. The average Bonchev–Trinajstić information content (AvgIpc) is 3.15. The van der Waals surface area contributed by atoms with Crippen molar-refractivity contribution in [3.05, 3.63) is 58.3 Å². The van der Waals surface area contributed by atoms with Crippen molar-refractivity contribution in [2.75, 3.05) is 6.61 Å². The molecule has 2 nitrogen and oxygen atoms in total. The largest absolute Gasteiger partial charge is 0.394 e. The molecule has 100 valence electrons. The summed E-state index contributed by atoms with van der Waals surface area (Å²) < 4.78 is 0. The third-order valence-corrected chi connectivity index (χ3v) is 4.66. The first kappa shape index (κ1) is 12.9. The Kier molecular flexibility index (Phi) is 3.97. The van der Waals surface area contributed by atoms with Crippen LogP contribution in [0.4, 0.5) is 0 Å². The van der Waals surface area contributed by atoms with E-state index in [9.17, 15) is 5.11 Å². The van der Waals surface area contributed by atoms with E-state index in [0.717, 1.165) is 11.5 Å². The van der Waals surface area contributed by atoms with Crippen molar-refractivity contribution in [3.63, 3.8) is 0 Å². The van der Waals surface area contributed by atoms with Gasteiger partial charge in [0.2, 0.25) is 0 Å². The summed E-state index contributed by atoms with van der Waals surface area (Å²) in [5, 5.41) is 15.4. The highest BCUT2D eigenvalue weighted by atomic mass is 32.1. The van der Waals surface area contributed by atoms with Gasteiger partial charge >= 0.3 is 0 Å². The molecular weight excluding hydrogens is 254 g/mol. The zero-order valence-corrected chi connectivity index (χ0v) is 11.6. The first-order chi connectivity index (χ1) is 9.38. The number of aliphatic hydroxyl groups is 1. The molecule has 0 radical (unpaired) electrons. The lowest BCUT2D eigenvalue weighted by molar-refractivity contribution is 0.229. The highest BCUT2D eigenvalue weighted by Gasteiger charge is 2.34. The fraction of sp³-hybridized carbons (Fsp3) is 0.375. The van der Waals surface area contributed by atoms with E-state index in [0.29, 0.717) is 6.04 Å². The van der Waals surface area contributed by atoms with Gasteiger partial charge in [-0.15, -0.1) is 11.3 Å². The minimum Gasteiger partial charge on any atom is -0.394 e. The first-order valence-electron chi connectivity index (χ1n) is 6.83. The molecule has 1 aromatic carbocycles. The topological polar surface area (TPSA) is 32.3 Å². The molecule has 3 rings (SSSR count). The van der Waals surface area contributed by atoms with Crippen LogP contribution in [-0.4, -0.2) is 11.7 Å². The maximum absolute atomic E-state index is 9.67. The van der Waals surface area contributed by atoms with Gasteiger partial charge < -0.3 is 10.4 Å². The molecule has 1 aliphatic rings. The highest BCUT2D eigenvalue weighted by molar-refractivity contribution is 7.10. The van der Waals surface area contributed by atoms with Crippen LogP contribution in [0.1, 0.15) is 35.4 Å². The van der Waals surface area contributed by atoms with Gasteiger partial charge in [-0.05, 0) is 35.8 Å². The summed E-state index contributed by atoms with van der Waals surface area (Å²) in [5.41, 5.74) is 1.16. The van der Waals surface area contributed by atoms with E-state index in [1.807, 2.05) is 18.2 Å². The van der Waals surface area contributed by atoms with E-state index in [4.69, 9.17) is 0 Å². The molecule has 1 aliphatic carbocycles. The molecule has 0 saturated heterocycles. The van der Waals surface area contributed by atoms with Crippen LogP contribution in [0.3, 0.4) is 0 Å². The molecule has 0 aliphatic heterocycles. The second-order valence-corrected chi connectivity index (χ2v) is 6.12. The number of aliphatic hydroxyl groups excluding tert-OH is 1. The lowest BCUT2D eigenvalue weighted by Gasteiger charge is -2.24. The van der Waals surface area contributed by atoms with Crippen LogP contribution in [0.15, 0.2) is 47.8 Å². The second-order valence-electron chi connectivity index (χ2n) is 5.14. The van der Waals surface area contributed by atoms with Crippen molar-refractivity contribution in [3.8, 4) is 0 Å². The molecule has 2 aromatic rings. The Labute approximate surface area is 118 Å². The maximum Gasteiger partial charge on any atom is 0.0626 e. The Balaban J connectivity index is 1.77. The summed E-state index contributed by atoms with van der Waals surface area (Å²) in [7, 11) is 0. The number of rotatable bonds is 6. The van der Waals surface area contributed by atoms with Crippen LogP contribution in [0.25, 0.3) is 0 Å². The molecule has 0 amide bonds. The second kappa shape index (κ2) is 5.87. The Hall–Kier alpha value is -1.16.